The van der Waals surface area contributed by atoms with Crippen LogP contribution in [-0.4, -0.2) is 49.9 Å². The third-order valence-electron chi connectivity index (χ3n) is 3.29. The number of aliphatic carboxylic acids is 1. The maximum absolute atomic E-state index is 12.8. The summed E-state index contributed by atoms with van der Waals surface area (Å²) in [5.41, 5.74) is 0. The molecule has 9 heteroatoms. The minimum Gasteiger partial charge on any atom is -0.481 e. The molecule has 1 rings (SSSR count). The second-order valence-corrected chi connectivity index (χ2v) is 7.75. The third-order valence-corrected chi connectivity index (χ3v) is 4.77. The van der Waals surface area contributed by atoms with E-state index in [9.17, 15) is 22.4 Å². The van der Waals surface area contributed by atoms with E-state index in [1.165, 1.54) is 4.90 Å². The maximum atomic E-state index is 12.8. The molecule has 0 aromatic heterocycles. The second-order valence-electron chi connectivity index (χ2n) is 5.98. The number of benzene rings is 1. The van der Waals surface area contributed by atoms with E-state index in [1.54, 1.807) is 0 Å². The number of rotatable bonds is 10. The first-order valence-corrected chi connectivity index (χ1v) is 9.35. The van der Waals surface area contributed by atoms with Crippen LogP contribution in [0.4, 0.5) is 4.39 Å². The summed E-state index contributed by atoms with van der Waals surface area (Å²) >= 11 is 0. The largest absolute Gasteiger partial charge is 0.481 e. The predicted octanol–water partition coefficient (Wildman–Crippen LogP) is 1.45. The Bertz CT molecular complexity index is 689. The van der Waals surface area contributed by atoms with E-state index in [4.69, 9.17) is 5.11 Å². The monoisotopic (exact) mass is 374 g/mol. The molecule has 0 aliphatic rings. The topological polar surface area (TPSA) is 104 Å². The van der Waals surface area contributed by atoms with Crippen molar-refractivity contribution in [3.8, 4) is 0 Å². The summed E-state index contributed by atoms with van der Waals surface area (Å²) in [6.07, 6.45) is -0.257. The molecule has 0 heterocycles. The lowest BCUT2D eigenvalue weighted by Crippen LogP contribution is -2.38. The lowest BCUT2D eigenvalue weighted by molar-refractivity contribution is -0.138. The Morgan fingerprint density at radius 2 is 1.80 bits per heavy atom. The molecular weight excluding hydrogens is 351 g/mol. The van der Waals surface area contributed by atoms with Crippen molar-refractivity contribution >= 4 is 21.9 Å². The van der Waals surface area contributed by atoms with Crippen LogP contribution >= 0.6 is 0 Å². The molecule has 0 saturated carbocycles. The number of hydrogen-bond acceptors (Lipinski definition) is 4. The summed E-state index contributed by atoms with van der Waals surface area (Å²) in [6.45, 7) is 4.16. The SMILES string of the molecule is CC(C)CN(CCC(=O)O)C(=O)CCNS(=O)(=O)c1ccc(F)cc1. The molecule has 0 bridgehead atoms. The normalized spacial score (nSPS) is 11.5. The first-order valence-electron chi connectivity index (χ1n) is 7.86. The van der Waals surface area contributed by atoms with Crippen LogP contribution < -0.4 is 4.72 Å². The highest BCUT2D eigenvalue weighted by atomic mass is 32.2. The molecule has 2 N–H and O–H groups in total. The highest BCUT2D eigenvalue weighted by molar-refractivity contribution is 7.89. The Morgan fingerprint density at radius 1 is 1.20 bits per heavy atom. The highest BCUT2D eigenvalue weighted by Crippen LogP contribution is 2.10. The average Bonchev–Trinajstić information content (AvgIpc) is 2.51. The van der Waals surface area contributed by atoms with Gasteiger partial charge in [-0.25, -0.2) is 17.5 Å². The molecule has 0 atom stereocenters. The molecule has 7 nitrogen and oxygen atoms in total. The predicted molar refractivity (Wildman–Crippen MR) is 89.9 cm³/mol. The van der Waals surface area contributed by atoms with Gasteiger partial charge in [0, 0.05) is 26.1 Å². The lowest BCUT2D eigenvalue weighted by atomic mass is 10.2. The fourth-order valence-electron chi connectivity index (χ4n) is 2.14. The van der Waals surface area contributed by atoms with Crippen molar-refractivity contribution in [2.24, 2.45) is 5.92 Å². The van der Waals surface area contributed by atoms with Crippen molar-refractivity contribution in [1.82, 2.24) is 9.62 Å². The number of sulfonamides is 1. The minimum atomic E-state index is -3.83. The molecule has 0 saturated heterocycles. The van der Waals surface area contributed by atoms with Crippen LogP contribution in [-0.2, 0) is 19.6 Å². The van der Waals surface area contributed by atoms with Crippen LogP contribution in [0, 0.1) is 11.7 Å². The first-order chi connectivity index (χ1) is 11.6. The van der Waals surface area contributed by atoms with Gasteiger partial charge in [0.15, 0.2) is 0 Å². The molecule has 1 aromatic carbocycles. The molecule has 25 heavy (non-hydrogen) atoms. The van der Waals surface area contributed by atoms with Crippen LogP contribution in [0.2, 0.25) is 0 Å². The molecule has 140 valence electrons. The van der Waals surface area contributed by atoms with Gasteiger partial charge in [-0.1, -0.05) is 13.8 Å². The smallest absolute Gasteiger partial charge is 0.305 e. The van der Waals surface area contributed by atoms with E-state index in [0.29, 0.717) is 6.54 Å². The Labute approximate surface area is 146 Å². The number of halogens is 1. The van der Waals surface area contributed by atoms with Crippen molar-refractivity contribution in [2.45, 2.75) is 31.6 Å². The molecular formula is C16H23FN2O5S. The molecule has 0 fully saturated rings. The zero-order valence-corrected chi connectivity index (χ0v) is 15.1. The number of carboxylic acids is 1. The number of carbonyl (C=O) groups excluding carboxylic acids is 1. The summed E-state index contributed by atoms with van der Waals surface area (Å²) in [7, 11) is -3.83. The van der Waals surface area contributed by atoms with E-state index >= 15 is 0 Å². The molecule has 0 aliphatic carbocycles. The molecule has 1 amide bonds. The van der Waals surface area contributed by atoms with Gasteiger partial charge in [0.2, 0.25) is 15.9 Å². The molecule has 0 radical (unpaired) electrons. The number of carboxylic acid groups (broad SMARTS) is 1. The van der Waals surface area contributed by atoms with Gasteiger partial charge in [0.1, 0.15) is 5.82 Å². The zero-order chi connectivity index (χ0) is 19.0. The van der Waals surface area contributed by atoms with Crippen LogP contribution in [0.25, 0.3) is 0 Å². The van der Waals surface area contributed by atoms with Crippen molar-refractivity contribution in [3.63, 3.8) is 0 Å². The van der Waals surface area contributed by atoms with Gasteiger partial charge in [0.05, 0.1) is 11.3 Å². The standard InChI is InChI=1S/C16H23FN2O5S/c1-12(2)11-19(10-8-16(21)22)15(20)7-9-18-25(23,24)14-5-3-13(17)4-6-14/h3-6,12,18H,7-11H2,1-2H3,(H,21,22). The summed E-state index contributed by atoms with van der Waals surface area (Å²) in [5.74, 6) is -1.71. The van der Waals surface area contributed by atoms with Gasteiger partial charge >= 0.3 is 5.97 Å². The van der Waals surface area contributed by atoms with Crippen molar-refractivity contribution in [3.05, 3.63) is 30.1 Å². The van der Waals surface area contributed by atoms with Gasteiger partial charge in [-0.2, -0.15) is 0 Å². The summed E-state index contributed by atoms with van der Waals surface area (Å²) in [6, 6.07) is 4.35. The summed E-state index contributed by atoms with van der Waals surface area (Å²) < 4.78 is 39.2. The Morgan fingerprint density at radius 3 is 2.32 bits per heavy atom. The number of nitrogens with zero attached hydrogens (tertiary/aromatic N) is 1. The van der Waals surface area contributed by atoms with Gasteiger partial charge in [-0.05, 0) is 30.2 Å². The molecule has 0 aliphatic heterocycles. The number of hydrogen-bond donors (Lipinski definition) is 2. The van der Waals surface area contributed by atoms with E-state index < -0.39 is 21.8 Å². The van der Waals surface area contributed by atoms with Gasteiger partial charge < -0.3 is 10.0 Å². The number of amides is 1. The Balaban J connectivity index is 2.60. The van der Waals surface area contributed by atoms with E-state index in [1.807, 2.05) is 13.8 Å². The fraction of sp³-hybridized carbons (Fsp3) is 0.500. The average molecular weight is 374 g/mol. The quantitative estimate of drug-likeness (QED) is 0.645. The van der Waals surface area contributed by atoms with Crippen LogP contribution in [0.15, 0.2) is 29.2 Å². The van der Waals surface area contributed by atoms with Gasteiger partial charge in [-0.3, -0.25) is 9.59 Å². The first kappa shape index (κ1) is 21.0. The zero-order valence-electron chi connectivity index (χ0n) is 14.2. The summed E-state index contributed by atoms with van der Waals surface area (Å²) in [5, 5.41) is 8.75. The number of nitrogens with one attached hydrogen (secondary N) is 1. The Kier molecular flexibility index (Phi) is 7.98. The van der Waals surface area contributed by atoms with E-state index in [2.05, 4.69) is 4.72 Å². The lowest BCUT2D eigenvalue weighted by Gasteiger charge is -2.24. The van der Waals surface area contributed by atoms with Crippen molar-refractivity contribution in [1.29, 1.82) is 0 Å². The van der Waals surface area contributed by atoms with Gasteiger partial charge in [0.25, 0.3) is 0 Å². The minimum absolute atomic E-state index is 0.0804. The van der Waals surface area contributed by atoms with Crippen molar-refractivity contribution in [2.75, 3.05) is 19.6 Å². The number of carbonyl (C=O) groups is 2. The van der Waals surface area contributed by atoms with E-state index in [0.717, 1.165) is 24.3 Å². The maximum Gasteiger partial charge on any atom is 0.305 e. The van der Waals surface area contributed by atoms with Crippen LogP contribution in [0.5, 0.6) is 0 Å². The van der Waals surface area contributed by atoms with Crippen molar-refractivity contribution < 1.29 is 27.5 Å². The van der Waals surface area contributed by atoms with Crippen LogP contribution in [0.1, 0.15) is 26.7 Å². The van der Waals surface area contributed by atoms with Gasteiger partial charge in [-0.15, -0.1) is 0 Å². The highest BCUT2D eigenvalue weighted by Gasteiger charge is 2.18. The Hall–Kier alpha value is -2.00. The molecule has 0 spiro atoms. The molecule has 1 aromatic rings. The molecule has 0 unspecified atom stereocenters. The van der Waals surface area contributed by atoms with E-state index in [-0.39, 0.29) is 42.7 Å². The third kappa shape index (κ3) is 7.61. The van der Waals surface area contributed by atoms with Crippen LogP contribution in [0.3, 0.4) is 0 Å². The summed E-state index contributed by atoms with van der Waals surface area (Å²) in [4.78, 5) is 24.2. The fourth-order valence-corrected chi connectivity index (χ4v) is 3.17. The second kappa shape index (κ2) is 9.47.